The molecule has 8 heteroatoms. The fraction of sp³-hybridized carbons (Fsp3) is 0.133. The van der Waals surface area contributed by atoms with Gasteiger partial charge in [0.15, 0.2) is 0 Å². The van der Waals surface area contributed by atoms with Gasteiger partial charge in [0.25, 0.3) is 5.91 Å². The molecule has 1 heterocycles. The summed E-state index contributed by atoms with van der Waals surface area (Å²) in [4.78, 5) is 21.7. The van der Waals surface area contributed by atoms with Crippen LogP contribution >= 0.6 is 0 Å². The number of nitrogens with zero attached hydrogens (tertiary/aromatic N) is 2. The van der Waals surface area contributed by atoms with E-state index in [1.165, 1.54) is 6.92 Å². The quantitative estimate of drug-likeness (QED) is 0.362. The zero-order chi connectivity index (χ0) is 15.5. The van der Waals surface area contributed by atoms with Gasteiger partial charge in [0.05, 0.1) is 0 Å². The predicted octanol–water partition coefficient (Wildman–Crippen LogP) is 1.40. The molecule has 2 rings (SSSR count). The molecular formula is C15H19CuN3O4+. The fourth-order valence-electron chi connectivity index (χ4n) is 1.21. The Hall–Kier alpha value is -2.41. The maximum absolute atomic E-state index is 11.4. The van der Waals surface area contributed by atoms with Crippen LogP contribution in [0.5, 0.6) is 0 Å². The Bertz CT molecular complexity index is 559. The van der Waals surface area contributed by atoms with Gasteiger partial charge in [0.1, 0.15) is 5.71 Å². The van der Waals surface area contributed by atoms with E-state index in [2.05, 4.69) is 15.8 Å². The molecule has 1 aliphatic heterocycles. The number of benzene rings is 1. The van der Waals surface area contributed by atoms with Crippen molar-refractivity contribution in [2.24, 2.45) is 5.10 Å². The third kappa shape index (κ3) is 10.0. The molecule has 128 valence electrons. The van der Waals surface area contributed by atoms with Crippen LogP contribution in [-0.2, 0) is 27.3 Å². The van der Waals surface area contributed by atoms with Crippen molar-refractivity contribution >= 4 is 17.6 Å². The number of hydrogen-bond acceptors (Lipinski definition) is 3. The van der Waals surface area contributed by atoms with Crippen molar-refractivity contribution in [2.75, 3.05) is 6.54 Å². The summed E-state index contributed by atoms with van der Waals surface area (Å²) in [6.45, 7) is 2.16. The summed E-state index contributed by atoms with van der Waals surface area (Å²) in [6.07, 6.45) is 7.73. The average Bonchev–Trinajstić information content (AvgIpc) is 2.55. The van der Waals surface area contributed by atoms with Crippen molar-refractivity contribution in [3.63, 3.8) is 0 Å². The first-order chi connectivity index (χ1) is 10.1. The van der Waals surface area contributed by atoms with E-state index in [0.29, 0.717) is 5.56 Å². The van der Waals surface area contributed by atoms with Crippen LogP contribution < -0.4 is 5.43 Å². The molecule has 0 radical (unpaired) electrons. The maximum Gasteiger partial charge on any atom is 1.00 e. The molecule has 23 heavy (non-hydrogen) atoms. The largest absolute Gasteiger partial charge is 1.00 e. The van der Waals surface area contributed by atoms with E-state index in [9.17, 15) is 9.59 Å². The first-order valence-corrected chi connectivity index (χ1v) is 6.22. The van der Waals surface area contributed by atoms with Crippen molar-refractivity contribution in [1.82, 2.24) is 5.43 Å². The van der Waals surface area contributed by atoms with Crippen molar-refractivity contribution in [1.29, 1.82) is 0 Å². The molecule has 5 N–H and O–H groups in total. The van der Waals surface area contributed by atoms with Gasteiger partial charge in [-0.05, 0) is 19.1 Å². The molecule has 7 nitrogen and oxygen atoms in total. The summed E-state index contributed by atoms with van der Waals surface area (Å²) in [5.41, 5.74) is 2.41. The summed E-state index contributed by atoms with van der Waals surface area (Å²) in [6, 6.07) is 8.43. The second kappa shape index (κ2) is 13.3. The van der Waals surface area contributed by atoms with Crippen LogP contribution in [-0.4, -0.2) is 29.2 Å². The van der Waals surface area contributed by atoms with E-state index < -0.39 is 11.9 Å². The van der Waals surface area contributed by atoms with E-state index in [-0.39, 0.29) is 28.3 Å². The van der Waals surface area contributed by atoms with Gasteiger partial charge in [-0.3, -0.25) is 4.79 Å². The minimum atomic E-state index is -1.16. The number of nitrogens with one attached hydrogen (secondary N) is 1. The Balaban J connectivity index is 0. The number of allylic oxidation sites excluding steroid dienone is 2. The Morgan fingerprint density at radius 2 is 1.87 bits per heavy atom. The summed E-state index contributed by atoms with van der Waals surface area (Å²) in [5.74, 6) is -1.60. The SMILES string of the molecule is C1=CC[N-]C=C1.CC(=NNC(=O)c1ccccc1)C(=O)O.[Cu+].[OH3+]. The van der Waals surface area contributed by atoms with Gasteiger partial charge in [0, 0.05) is 5.56 Å². The molecule has 0 saturated carbocycles. The maximum atomic E-state index is 11.4. The number of carboxylic acids is 1. The van der Waals surface area contributed by atoms with Crippen molar-refractivity contribution in [2.45, 2.75) is 6.92 Å². The van der Waals surface area contributed by atoms with Crippen molar-refractivity contribution < 1.29 is 37.2 Å². The Labute approximate surface area is 144 Å². The van der Waals surface area contributed by atoms with Gasteiger partial charge < -0.3 is 15.9 Å². The molecule has 0 aromatic heterocycles. The van der Waals surface area contributed by atoms with E-state index in [1.807, 2.05) is 18.2 Å². The Morgan fingerprint density at radius 1 is 1.22 bits per heavy atom. The van der Waals surface area contributed by atoms with Crippen molar-refractivity contribution in [3.05, 3.63) is 65.6 Å². The van der Waals surface area contributed by atoms with E-state index in [4.69, 9.17) is 5.11 Å². The van der Waals surface area contributed by atoms with Gasteiger partial charge in [-0.1, -0.05) is 30.4 Å². The fourth-order valence-corrected chi connectivity index (χ4v) is 1.21. The minimum absolute atomic E-state index is 0. The van der Waals surface area contributed by atoms with Gasteiger partial charge in [0.2, 0.25) is 0 Å². The molecule has 0 aliphatic carbocycles. The number of carboxylic acid groups (broad SMARTS) is 1. The second-order valence-electron chi connectivity index (χ2n) is 3.94. The van der Waals surface area contributed by atoms with Crippen LogP contribution in [0.2, 0.25) is 0 Å². The number of aliphatic carboxylic acids is 1. The summed E-state index contributed by atoms with van der Waals surface area (Å²) >= 11 is 0. The van der Waals surface area contributed by atoms with Gasteiger partial charge in [-0.15, -0.1) is 12.6 Å². The van der Waals surface area contributed by atoms with Crippen LogP contribution in [0.1, 0.15) is 17.3 Å². The molecule has 1 aliphatic rings. The van der Waals surface area contributed by atoms with E-state index >= 15 is 0 Å². The first kappa shape index (κ1) is 22.9. The van der Waals surface area contributed by atoms with Crippen LogP contribution in [0.25, 0.3) is 5.32 Å². The third-order valence-electron chi connectivity index (χ3n) is 2.32. The molecule has 1 aromatic rings. The zero-order valence-electron chi connectivity index (χ0n) is 12.4. The smallest absolute Gasteiger partial charge is 0.687 e. The topological polar surface area (TPSA) is 126 Å². The molecule has 0 fully saturated rings. The molecule has 1 amide bonds. The normalized spacial score (nSPS) is 11.6. The molecule has 0 atom stereocenters. The number of hydrazone groups is 1. The molecule has 0 unspecified atom stereocenters. The molecule has 1 aromatic carbocycles. The average molecular weight is 369 g/mol. The number of carbonyl (C=O) groups is 2. The van der Waals surface area contributed by atoms with Crippen LogP contribution in [0, 0.1) is 0 Å². The Morgan fingerprint density at radius 3 is 2.26 bits per heavy atom. The molecule has 0 bridgehead atoms. The molecule has 0 spiro atoms. The van der Waals surface area contributed by atoms with Gasteiger partial charge >= 0.3 is 23.0 Å². The van der Waals surface area contributed by atoms with Crippen LogP contribution in [0.15, 0.2) is 59.9 Å². The second-order valence-corrected chi connectivity index (χ2v) is 3.94. The van der Waals surface area contributed by atoms with Crippen LogP contribution in [0.4, 0.5) is 0 Å². The number of carbonyl (C=O) groups excluding carboxylic acids is 1. The summed E-state index contributed by atoms with van der Waals surface area (Å²) in [7, 11) is 0. The van der Waals surface area contributed by atoms with Crippen LogP contribution in [0.3, 0.4) is 0 Å². The van der Waals surface area contributed by atoms with Crippen molar-refractivity contribution in [3.8, 4) is 0 Å². The minimum Gasteiger partial charge on any atom is -0.687 e. The zero-order valence-corrected chi connectivity index (χ0v) is 13.4. The predicted molar refractivity (Wildman–Crippen MR) is 86.0 cm³/mol. The molecular weight excluding hydrogens is 350 g/mol. The number of rotatable bonds is 3. The third-order valence-corrected chi connectivity index (χ3v) is 2.32. The summed E-state index contributed by atoms with van der Waals surface area (Å²) < 4.78 is 0. The van der Waals surface area contributed by atoms with Gasteiger partial charge in [-0.25, -0.2) is 10.2 Å². The standard InChI is InChI=1S/C10H10N2O3.C5H6N.Cu.H2O/c1-7(10(14)15)11-12-9(13)8-5-3-2-4-6-8;1-2-4-6-5-3-1;;/h2-6H,1H3,(H,12,13)(H,14,15);1-4H,5H2;;1H2/q;-1;+1;/p+1. The first-order valence-electron chi connectivity index (χ1n) is 6.22. The monoisotopic (exact) mass is 368 g/mol. The van der Waals surface area contributed by atoms with E-state index in [0.717, 1.165) is 6.54 Å². The molecule has 0 saturated heterocycles. The van der Waals surface area contributed by atoms with Gasteiger partial charge in [-0.2, -0.15) is 11.3 Å². The number of hydrogen-bond donors (Lipinski definition) is 2. The Kier molecular flexibility index (Phi) is 13.2. The van der Waals surface area contributed by atoms with E-state index in [1.54, 1.807) is 36.5 Å². The number of amides is 1. The summed E-state index contributed by atoms with van der Waals surface area (Å²) in [5, 5.41) is 15.8.